The van der Waals surface area contributed by atoms with E-state index < -0.39 is 0 Å². The van der Waals surface area contributed by atoms with E-state index in [1.54, 1.807) is 6.92 Å². The Morgan fingerprint density at radius 1 is 1.20 bits per heavy atom. The summed E-state index contributed by atoms with van der Waals surface area (Å²) in [5.41, 5.74) is 0. The summed E-state index contributed by atoms with van der Waals surface area (Å²) in [5.74, 6) is 2.99. The van der Waals surface area contributed by atoms with Crippen molar-refractivity contribution >= 4 is 5.91 Å². The Kier molecular flexibility index (Phi) is 4.54. The highest BCUT2D eigenvalue weighted by atomic mass is 16.5. The molecule has 2 saturated heterocycles. The molecule has 4 rings (SSSR count). The van der Waals surface area contributed by atoms with Crippen LogP contribution in [0.2, 0.25) is 0 Å². The molecular formula is C18H29N5O2. The van der Waals surface area contributed by atoms with Crippen molar-refractivity contribution < 1.29 is 9.32 Å². The van der Waals surface area contributed by atoms with Gasteiger partial charge in [-0.3, -0.25) is 14.6 Å². The number of carbonyl (C=O) groups excluding carboxylic acids is 1. The van der Waals surface area contributed by atoms with Crippen LogP contribution in [0.1, 0.15) is 57.3 Å². The van der Waals surface area contributed by atoms with Crippen LogP contribution < -0.4 is 0 Å². The minimum absolute atomic E-state index is 0.172. The third-order valence-electron chi connectivity index (χ3n) is 6.13. The highest BCUT2D eigenvalue weighted by Crippen LogP contribution is 2.39. The van der Waals surface area contributed by atoms with Gasteiger partial charge in [0.2, 0.25) is 11.8 Å². The minimum Gasteiger partial charge on any atom is -0.340 e. The summed E-state index contributed by atoms with van der Waals surface area (Å²) in [7, 11) is 0. The van der Waals surface area contributed by atoms with Gasteiger partial charge in [-0.05, 0) is 25.7 Å². The Morgan fingerprint density at radius 2 is 1.92 bits per heavy atom. The Bertz CT molecular complexity index is 621. The number of piperazine rings is 1. The second-order valence-electron chi connectivity index (χ2n) is 7.98. The Labute approximate surface area is 149 Å². The van der Waals surface area contributed by atoms with Crippen molar-refractivity contribution in [2.75, 3.05) is 39.3 Å². The van der Waals surface area contributed by atoms with Crippen LogP contribution in [0.15, 0.2) is 4.52 Å². The predicted octanol–water partition coefficient (Wildman–Crippen LogP) is 1.49. The fraction of sp³-hybridized carbons (Fsp3) is 0.833. The summed E-state index contributed by atoms with van der Waals surface area (Å²) >= 11 is 0. The lowest BCUT2D eigenvalue weighted by Gasteiger charge is -2.39. The van der Waals surface area contributed by atoms with Gasteiger partial charge < -0.3 is 9.42 Å². The third-order valence-corrected chi connectivity index (χ3v) is 6.13. The molecule has 1 aliphatic carbocycles. The second kappa shape index (κ2) is 6.68. The molecule has 0 bridgehead atoms. The number of aromatic nitrogens is 2. The van der Waals surface area contributed by atoms with Gasteiger partial charge in [0.15, 0.2) is 5.82 Å². The van der Waals surface area contributed by atoms with Crippen molar-refractivity contribution in [3.8, 4) is 0 Å². The van der Waals surface area contributed by atoms with Crippen LogP contribution in [-0.4, -0.2) is 76.1 Å². The molecule has 7 nitrogen and oxygen atoms in total. The maximum atomic E-state index is 11.5. The average Bonchev–Trinajstić information content (AvgIpc) is 3.21. The zero-order chi connectivity index (χ0) is 17.6. The number of nitrogens with zero attached hydrogens (tertiary/aromatic N) is 5. The second-order valence-corrected chi connectivity index (χ2v) is 7.98. The highest BCUT2D eigenvalue weighted by molar-refractivity contribution is 5.73. The van der Waals surface area contributed by atoms with Gasteiger partial charge >= 0.3 is 0 Å². The van der Waals surface area contributed by atoms with Crippen molar-refractivity contribution in [3.63, 3.8) is 0 Å². The maximum Gasteiger partial charge on any atom is 0.243 e. The summed E-state index contributed by atoms with van der Waals surface area (Å²) in [5, 5.41) is 4.16. The minimum atomic E-state index is 0.172. The normalized spacial score (nSPS) is 30.0. The maximum absolute atomic E-state index is 11.5. The number of hydrogen-bond donors (Lipinski definition) is 0. The first kappa shape index (κ1) is 17.0. The Balaban J connectivity index is 1.36. The fourth-order valence-corrected chi connectivity index (χ4v) is 4.23. The van der Waals surface area contributed by atoms with Crippen molar-refractivity contribution in [1.29, 1.82) is 0 Å². The summed E-state index contributed by atoms with van der Waals surface area (Å²) in [6.07, 6.45) is 2.39. The van der Waals surface area contributed by atoms with Crippen molar-refractivity contribution in [3.05, 3.63) is 11.7 Å². The van der Waals surface area contributed by atoms with Gasteiger partial charge in [-0.2, -0.15) is 4.98 Å². The van der Waals surface area contributed by atoms with Crippen LogP contribution in [0.3, 0.4) is 0 Å². The molecule has 3 heterocycles. The zero-order valence-electron chi connectivity index (χ0n) is 15.5. The standard InChI is InChI=1S/C18H29N5O2/c1-12-10-23(13(2)18-19-17(20-25-18)15-4-5-15)11-16(12)22-8-6-21(7-9-22)14(3)24/h12-13,15-16H,4-11H2,1-3H3. The van der Waals surface area contributed by atoms with Crippen LogP contribution in [0.25, 0.3) is 0 Å². The van der Waals surface area contributed by atoms with E-state index in [0.717, 1.165) is 51.0 Å². The largest absolute Gasteiger partial charge is 0.340 e. The molecule has 1 aromatic heterocycles. The van der Waals surface area contributed by atoms with Crippen LogP contribution in [0.5, 0.6) is 0 Å². The van der Waals surface area contributed by atoms with Crippen molar-refractivity contribution in [2.24, 2.45) is 5.92 Å². The molecule has 0 aromatic carbocycles. The Hall–Kier alpha value is -1.47. The predicted molar refractivity (Wildman–Crippen MR) is 93.0 cm³/mol. The molecule has 3 fully saturated rings. The van der Waals surface area contributed by atoms with E-state index >= 15 is 0 Å². The highest BCUT2D eigenvalue weighted by Gasteiger charge is 2.39. The van der Waals surface area contributed by atoms with Gasteiger partial charge in [0, 0.05) is 58.2 Å². The van der Waals surface area contributed by atoms with Gasteiger partial charge in [-0.25, -0.2) is 0 Å². The lowest BCUT2D eigenvalue weighted by atomic mass is 10.0. The summed E-state index contributed by atoms with van der Waals surface area (Å²) in [6.45, 7) is 11.9. The molecule has 2 aliphatic heterocycles. The molecule has 3 aliphatic rings. The molecule has 1 aromatic rings. The van der Waals surface area contributed by atoms with E-state index in [1.807, 2.05) is 4.90 Å². The van der Waals surface area contributed by atoms with E-state index in [-0.39, 0.29) is 11.9 Å². The monoisotopic (exact) mass is 347 g/mol. The Morgan fingerprint density at radius 3 is 2.56 bits per heavy atom. The summed E-state index contributed by atoms with van der Waals surface area (Å²) in [4.78, 5) is 23.1. The molecule has 3 unspecified atom stereocenters. The van der Waals surface area contributed by atoms with Gasteiger partial charge in [0.05, 0.1) is 6.04 Å². The van der Waals surface area contributed by atoms with Crippen molar-refractivity contribution in [1.82, 2.24) is 24.8 Å². The molecule has 3 atom stereocenters. The van der Waals surface area contributed by atoms with Crippen LogP contribution in [0, 0.1) is 5.92 Å². The summed E-state index contributed by atoms with van der Waals surface area (Å²) < 4.78 is 5.54. The van der Waals surface area contributed by atoms with E-state index in [1.165, 1.54) is 12.8 Å². The molecular weight excluding hydrogens is 318 g/mol. The van der Waals surface area contributed by atoms with Gasteiger partial charge in [0.1, 0.15) is 0 Å². The molecule has 25 heavy (non-hydrogen) atoms. The quantitative estimate of drug-likeness (QED) is 0.822. The summed E-state index contributed by atoms with van der Waals surface area (Å²) in [6, 6.07) is 0.716. The lowest BCUT2D eigenvalue weighted by molar-refractivity contribution is -0.130. The molecule has 1 amide bonds. The molecule has 0 radical (unpaired) electrons. The molecule has 1 saturated carbocycles. The topological polar surface area (TPSA) is 65.7 Å². The number of rotatable bonds is 4. The molecule has 7 heteroatoms. The SMILES string of the molecule is CC(=O)N1CCN(C2CN(C(C)c3nc(C4CC4)no3)CC2C)CC1. The smallest absolute Gasteiger partial charge is 0.243 e. The first-order valence-electron chi connectivity index (χ1n) is 9.60. The van der Waals surface area contributed by atoms with Crippen molar-refractivity contribution in [2.45, 2.75) is 51.6 Å². The molecule has 0 spiro atoms. The van der Waals surface area contributed by atoms with Crippen LogP contribution in [-0.2, 0) is 4.79 Å². The zero-order valence-corrected chi connectivity index (χ0v) is 15.5. The fourth-order valence-electron chi connectivity index (χ4n) is 4.23. The molecule has 0 N–H and O–H groups in total. The number of likely N-dealkylation sites (tertiary alicyclic amines) is 1. The van der Waals surface area contributed by atoms with E-state index in [9.17, 15) is 4.79 Å². The van der Waals surface area contributed by atoms with Gasteiger partial charge in [-0.1, -0.05) is 12.1 Å². The van der Waals surface area contributed by atoms with E-state index in [2.05, 4.69) is 33.8 Å². The van der Waals surface area contributed by atoms with Gasteiger partial charge in [0.25, 0.3) is 0 Å². The van der Waals surface area contributed by atoms with E-state index in [4.69, 9.17) is 4.52 Å². The number of amides is 1. The van der Waals surface area contributed by atoms with Crippen LogP contribution in [0.4, 0.5) is 0 Å². The average molecular weight is 347 g/mol. The first-order chi connectivity index (χ1) is 12.0. The first-order valence-corrected chi connectivity index (χ1v) is 9.60. The molecule has 138 valence electrons. The van der Waals surface area contributed by atoms with Gasteiger partial charge in [-0.15, -0.1) is 0 Å². The van der Waals surface area contributed by atoms with E-state index in [0.29, 0.717) is 17.9 Å². The lowest BCUT2D eigenvalue weighted by Crippen LogP contribution is -2.53. The number of hydrogen-bond acceptors (Lipinski definition) is 6. The van der Waals surface area contributed by atoms with Crippen LogP contribution >= 0.6 is 0 Å². The third kappa shape index (κ3) is 3.44. The number of carbonyl (C=O) groups is 1.